The zero-order chi connectivity index (χ0) is 24.8. The van der Waals surface area contributed by atoms with Crippen LogP contribution in [0.5, 0.6) is 5.75 Å². The smallest absolute Gasteiger partial charge is 0.339 e. The first-order chi connectivity index (χ1) is 17.0. The molecule has 1 fully saturated rings. The Balaban J connectivity index is 1.53. The van der Waals surface area contributed by atoms with Crippen molar-refractivity contribution in [3.8, 4) is 5.75 Å². The Morgan fingerprint density at radius 2 is 1.91 bits per heavy atom. The van der Waals surface area contributed by atoms with Crippen molar-refractivity contribution in [2.24, 2.45) is 5.92 Å². The first-order valence-electron chi connectivity index (χ1n) is 11.3. The van der Waals surface area contributed by atoms with Gasteiger partial charge in [0, 0.05) is 31.5 Å². The van der Waals surface area contributed by atoms with Gasteiger partial charge in [0.25, 0.3) is 0 Å². The number of aliphatic hydroxyl groups is 1. The largest absolute Gasteiger partial charge is 0.494 e. The van der Waals surface area contributed by atoms with E-state index in [1.165, 1.54) is 13.3 Å². The lowest BCUT2D eigenvalue weighted by Crippen LogP contribution is -2.34. The standard InChI is InChI=1S/C25H28ClN5O4/c1-34-22-13-17(31-11-9-16(15-32)10-12-31)7-8-21(22)29-25-27-14-19(26)23(30-25)28-20-6-4-3-5-18(20)24(33)35-2/h3-8,13-14,16,32H,9-12,15H2,1-2H3,(H2,27,28,29,30). The minimum Gasteiger partial charge on any atom is -0.494 e. The molecular weight excluding hydrogens is 470 g/mol. The minimum atomic E-state index is -0.470. The van der Waals surface area contributed by atoms with Crippen LogP contribution in [0.2, 0.25) is 5.02 Å². The van der Waals surface area contributed by atoms with Gasteiger partial charge < -0.3 is 30.1 Å². The summed E-state index contributed by atoms with van der Waals surface area (Å²) in [6, 6.07) is 12.8. The van der Waals surface area contributed by atoms with Crippen LogP contribution in [0.3, 0.4) is 0 Å². The number of methoxy groups -OCH3 is 2. The van der Waals surface area contributed by atoms with Crippen LogP contribution in [0.25, 0.3) is 0 Å². The number of hydrogen-bond acceptors (Lipinski definition) is 9. The summed E-state index contributed by atoms with van der Waals surface area (Å²) in [6.07, 6.45) is 3.41. The van der Waals surface area contributed by atoms with Gasteiger partial charge >= 0.3 is 5.97 Å². The summed E-state index contributed by atoms with van der Waals surface area (Å²) in [5, 5.41) is 16.0. The Kier molecular flexibility index (Phi) is 7.89. The topological polar surface area (TPSA) is 109 Å². The van der Waals surface area contributed by atoms with Gasteiger partial charge in [0.05, 0.1) is 37.4 Å². The van der Waals surface area contributed by atoms with Gasteiger partial charge in [0.2, 0.25) is 5.95 Å². The highest BCUT2D eigenvalue weighted by Crippen LogP contribution is 2.34. The van der Waals surface area contributed by atoms with Crippen LogP contribution >= 0.6 is 11.6 Å². The predicted molar refractivity (Wildman–Crippen MR) is 136 cm³/mol. The number of hydrogen-bond donors (Lipinski definition) is 3. The molecule has 0 unspecified atom stereocenters. The van der Waals surface area contributed by atoms with Crippen LogP contribution in [0, 0.1) is 5.92 Å². The van der Waals surface area contributed by atoms with Gasteiger partial charge in [-0.2, -0.15) is 4.98 Å². The van der Waals surface area contributed by atoms with Crippen LogP contribution in [-0.4, -0.2) is 55.0 Å². The second-order valence-corrected chi connectivity index (χ2v) is 8.58. The van der Waals surface area contributed by atoms with E-state index in [2.05, 4.69) is 25.5 Å². The third-order valence-corrected chi connectivity index (χ3v) is 6.28. The molecule has 2 heterocycles. The molecular formula is C25H28ClN5O4. The van der Waals surface area contributed by atoms with Crippen molar-refractivity contribution in [3.05, 3.63) is 59.2 Å². The van der Waals surface area contributed by atoms with Gasteiger partial charge in [-0.25, -0.2) is 9.78 Å². The first kappa shape index (κ1) is 24.6. The molecule has 184 valence electrons. The molecule has 0 amide bonds. The van der Waals surface area contributed by atoms with E-state index in [0.29, 0.717) is 45.4 Å². The van der Waals surface area contributed by atoms with Gasteiger partial charge in [0.15, 0.2) is 5.82 Å². The third-order valence-electron chi connectivity index (χ3n) is 6.00. The normalized spacial score (nSPS) is 13.9. The predicted octanol–water partition coefficient (Wildman–Crippen LogP) is 4.62. The van der Waals surface area contributed by atoms with Crippen molar-refractivity contribution in [1.82, 2.24) is 9.97 Å². The van der Waals surface area contributed by atoms with Crippen molar-refractivity contribution in [2.75, 3.05) is 49.4 Å². The number of carbonyl (C=O) groups is 1. The molecule has 2 aromatic carbocycles. The molecule has 0 atom stereocenters. The van der Waals surface area contributed by atoms with Gasteiger partial charge in [-0.3, -0.25) is 0 Å². The maximum atomic E-state index is 12.1. The SMILES string of the molecule is COC(=O)c1ccccc1Nc1nc(Nc2ccc(N3CCC(CO)CC3)cc2OC)ncc1Cl. The lowest BCUT2D eigenvalue weighted by molar-refractivity contribution is 0.0602. The van der Waals surface area contributed by atoms with Crippen LogP contribution in [0.4, 0.5) is 28.8 Å². The van der Waals surface area contributed by atoms with E-state index in [9.17, 15) is 9.90 Å². The number of anilines is 5. The number of benzene rings is 2. The summed E-state index contributed by atoms with van der Waals surface area (Å²) in [7, 11) is 2.94. The lowest BCUT2D eigenvalue weighted by Gasteiger charge is -2.33. The molecule has 0 spiro atoms. The van der Waals surface area contributed by atoms with Gasteiger partial charge in [-0.1, -0.05) is 23.7 Å². The fourth-order valence-electron chi connectivity index (χ4n) is 4.00. The van der Waals surface area contributed by atoms with Crippen molar-refractivity contribution in [3.63, 3.8) is 0 Å². The number of aromatic nitrogens is 2. The summed E-state index contributed by atoms with van der Waals surface area (Å²) in [4.78, 5) is 23.1. The number of esters is 1. The highest BCUT2D eigenvalue weighted by Gasteiger charge is 2.20. The van der Waals surface area contributed by atoms with Crippen LogP contribution in [-0.2, 0) is 4.74 Å². The summed E-state index contributed by atoms with van der Waals surface area (Å²) in [6.45, 7) is 2.03. The molecule has 0 aliphatic carbocycles. The van der Waals surface area contributed by atoms with Crippen molar-refractivity contribution < 1.29 is 19.4 Å². The minimum absolute atomic E-state index is 0.242. The molecule has 0 radical (unpaired) electrons. The molecule has 1 aliphatic rings. The second-order valence-electron chi connectivity index (χ2n) is 8.17. The molecule has 0 saturated carbocycles. The van der Waals surface area contributed by atoms with Gasteiger partial charge in [-0.15, -0.1) is 0 Å². The molecule has 3 N–H and O–H groups in total. The number of para-hydroxylation sites is 1. The van der Waals surface area contributed by atoms with Crippen molar-refractivity contribution >= 4 is 46.4 Å². The van der Waals surface area contributed by atoms with Crippen molar-refractivity contribution in [1.29, 1.82) is 0 Å². The van der Waals surface area contributed by atoms with E-state index in [1.807, 2.05) is 18.2 Å². The number of rotatable bonds is 8. The molecule has 9 nitrogen and oxygen atoms in total. The van der Waals surface area contributed by atoms with E-state index in [-0.39, 0.29) is 6.61 Å². The Morgan fingerprint density at radius 3 is 2.63 bits per heavy atom. The molecule has 4 rings (SSSR count). The third kappa shape index (κ3) is 5.75. The lowest BCUT2D eigenvalue weighted by atomic mass is 9.97. The maximum Gasteiger partial charge on any atom is 0.339 e. The number of carbonyl (C=O) groups excluding carboxylic acids is 1. The summed E-state index contributed by atoms with van der Waals surface area (Å²) in [5.74, 6) is 1.20. The Hall–Kier alpha value is -3.56. The maximum absolute atomic E-state index is 12.1. The van der Waals surface area contributed by atoms with Crippen LogP contribution in [0.1, 0.15) is 23.2 Å². The van der Waals surface area contributed by atoms with E-state index in [1.54, 1.807) is 31.4 Å². The molecule has 3 aromatic rings. The highest BCUT2D eigenvalue weighted by atomic mass is 35.5. The zero-order valence-electron chi connectivity index (χ0n) is 19.6. The molecule has 0 bridgehead atoms. The van der Waals surface area contributed by atoms with E-state index in [0.717, 1.165) is 31.6 Å². The average Bonchev–Trinajstić information content (AvgIpc) is 2.90. The summed E-state index contributed by atoms with van der Waals surface area (Å²) < 4.78 is 10.5. The zero-order valence-corrected chi connectivity index (χ0v) is 20.4. The van der Waals surface area contributed by atoms with Crippen LogP contribution < -0.4 is 20.3 Å². The average molecular weight is 498 g/mol. The number of nitrogens with one attached hydrogen (secondary N) is 2. The fourth-order valence-corrected chi connectivity index (χ4v) is 4.14. The highest BCUT2D eigenvalue weighted by molar-refractivity contribution is 6.33. The summed E-state index contributed by atoms with van der Waals surface area (Å²) >= 11 is 6.32. The van der Waals surface area contributed by atoms with Gasteiger partial charge in [0.1, 0.15) is 10.8 Å². The van der Waals surface area contributed by atoms with Gasteiger partial charge in [-0.05, 0) is 43.0 Å². The quantitative estimate of drug-likeness (QED) is 0.384. The summed E-state index contributed by atoms with van der Waals surface area (Å²) in [5.41, 5.74) is 2.63. The molecule has 35 heavy (non-hydrogen) atoms. The number of nitrogens with zero attached hydrogens (tertiary/aromatic N) is 3. The number of piperidine rings is 1. The number of ether oxygens (including phenoxy) is 2. The second kappa shape index (κ2) is 11.2. The van der Waals surface area contributed by atoms with Crippen molar-refractivity contribution in [2.45, 2.75) is 12.8 Å². The fraction of sp³-hybridized carbons (Fsp3) is 0.320. The van der Waals surface area contributed by atoms with E-state index < -0.39 is 5.97 Å². The monoisotopic (exact) mass is 497 g/mol. The molecule has 1 aromatic heterocycles. The molecule has 1 saturated heterocycles. The molecule has 10 heteroatoms. The first-order valence-corrected chi connectivity index (χ1v) is 11.7. The Labute approximate surface area is 209 Å². The molecule has 1 aliphatic heterocycles. The Bertz CT molecular complexity index is 1180. The van der Waals surface area contributed by atoms with E-state index >= 15 is 0 Å². The number of halogens is 1. The van der Waals surface area contributed by atoms with Crippen LogP contribution in [0.15, 0.2) is 48.7 Å². The number of aliphatic hydroxyl groups excluding tert-OH is 1. The Morgan fingerprint density at radius 1 is 1.14 bits per heavy atom. The van der Waals surface area contributed by atoms with E-state index in [4.69, 9.17) is 21.1 Å².